The number of rotatable bonds is 9. The minimum Gasteiger partial charge on any atom is -0.439 e. The molecule has 0 radical (unpaired) electrons. The van der Waals surface area contributed by atoms with Crippen LogP contribution in [0.1, 0.15) is 10.4 Å². The van der Waals surface area contributed by atoms with E-state index in [0.29, 0.717) is 5.52 Å². The van der Waals surface area contributed by atoms with Crippen LogP contribution < -0.4 is 15.0 Å². The predicted octanol–water partition coefficient (Wildman–Crippen LogP) is 3.33. The number of nitrogens with zero attached hydrogens (tertiary/aromatic N) is 3. The molecule has 0 spiro atoms. The number of ether oxygens (including phenoxy) is 1. The molecule has 2 aromatic carbocycles. The highest BCUT2D eigenvalue weighted by Gasteiger charge is 2.21. The molecule has 0 saturated heterocycles. The van der Waals surface area contributed by atoms with E-state index in [2.05, 4.69) is 19.8 Å². The van der Waals surface area contributed by atoms with Crippen molar-refractivity contribution < 1.29 is 26.4 Å². The highest BCUT2D eigenvalue weighted by Crippen LogP contribution is 2.27. The fraction of sp³-hybridized carbons (Fsp3) is 0.0435. The van der Waals surface area contributed by atoms with Crippen LogP contribution in [-0.4, -0.2) is 37.8 Å². The summed E-state index contributed by atoms with van der Waals surface area (Å²) in [5.41, 5.74) is -0.533. The van der Waals surface area contributed by atoms with Gasteiger partial charge in [0.2, 0.25) is 0 Å². The Balaban J connectivity index is 1.45. The molecule has 200 valence electrons. The standard InChI is InChI=1S/C23H17N5O7S4/c29-22-18-5-1-2-6-19(18)24-27-28(22)14-35-23(30)15-11-16(25-38(31,32)20-7-3-9-36-20)13-17(12-15)26-39(33,34)21-8-4-10-37-21/h1-13,25-26H,14H2. The zero-order valence-electron chi connectivity index (χ0n) is 19.5. The summed E-state index contributed by atoms with van der Waals surface area (Å²) in [4.78, 5) is 25.6. The summed E-state index contributed by atoms with van der Waals surface area (Å²) in [7, 11) is -8.04. The number of aromatic nitrogens is 3. The van der Waals surface area contributed by atoms with E-state index in [0.717, 1.165) is 27.4 Å². The molecule has 3 heterocycles. The first-order valence-corrected chi connectivity index (χ1v) is 15.6. The lowest BCUT2D eigenvalue weighted by molar-refractivity contribution is 0.0336. The Morgan fingerprint density at radius 3 is 2.00 bits per heavy atom. The Hall–Kier alpha value is -4.12. The fourth-order valence-electron chi connectivity index (χ4n) is 3.42. The lowest BCUT2D eigenvalue weighted by atomic mass is 10.2. The highest BCUT2D eigenvalue weighted by molar-refractivity contribution is 7.95. The van der Waals surface area contributed by atoms with Gasteiger partial charge in [0.05, 0.1) is 22.3 Å². The summed E-state index contributed by atoms with van der Waals surface area (Å²) in [5, 5.41) is 11.1. The normalized spacial score (nSPS) is 11.8. The number of esters is 1. The third-order valence-corrected chi connectivity index (χ3v) is 10.7. The summed E-state index contributed by atoms with van der Waals surface area (Å²) in [6.07, 6.45) is 0. The molecule has 3 aromatic heterocycles. The van der Waals surface area contributed by atoms with Gasteiger partial charge in [-0.2, -0.15) is 4.68 Å². The van der Waals surface area contributed by atoms with Crippen LogP contribution in [0.3, 0.4) is 0 Å². The second-order valence-corrected chi connectivity index (χ2v) is 13.6. The van der Waals surface area contributed by atoms with Crippen molar-refractivity contribution in [2.75, 3.05) is 9.44 Å². The molecular weight excluding hydrogens is 587 g/mol. The molecule has 0 fully saturated rings. The van der Waals surface area contributed by atoms with Gasteiger partial charge in [-0.15, -0.1) is 27.8 Å². The molecule has 5 rings (SSSR count). The molecular formula is C23H17N5O7S4. The van der Waals surface area contributed by atoms with Crippen LogP contribution in [-0.2, 0) is 31.5 Å². The molecule has 12 nitrogen and oxygen atoms in total. The number of benzene rings is 2. The Morgan fingerprint density at radius 2 is 1.44 bits per heavy atom. The Kier molecular flexibility index (Phi) is 7.17. The molecule has 39 heavy (non-hydrogen) atoms. The van der Waals surface area contributed by atoms with Crippen LogP contribution in [0, 0.1) is 0 Å². The predicted molar refractivity (Wildman–Crippen MR) is 146 cm³/mol. The summed E-state index contributed by atoms with van der Waals surface area (Å²) < 4.78 is 61.9. The highest BCUT2D eigenvalue weighted by atomic mass is 32.3. The van der Waals surface area contributed by atoms with Gasteiger partial charge in [0.15, 0.2) is 6.73 Å². The molecule has 0 saturated carbocycles. The molecule has 0 aliphatic carbocycles. The van der Waals surface area contributed by atoms with Gasteiger partial charge in [0.1, 0.15) is 13.9 Å². The van der Waals surface area contributed by atoms with Gasteiger partial charge in [-0.05, 0) is 53.2 Å². The minimum atomic E-state index is -4.02. The second-order valence-electron chi connectivity index (χ2n) is 7.85. The van der Waals surface area contributed by atoms with Crippen molar-refractivity contribution in [3.8, 4) is 0 Å². The quantitative estimate of drug-likeness (QED) is 0.240. The van der Waals surface area contributed by atoms with Gasteiger partial charge in [0.25, 0.3) is 25.6 Å². The van der Waals surface area contributed by atoms with Gasteiger partial charge in [-0.3, -0.25) is 14.2 Å². The monoisotopic (exact) mass is 603 g/mol. The van der Waals surface area contributed by atoms with E-state index in [9.17, 15) is 26.4 Å². The first kappa shape index (κ1) is 26.5. The number of carbonyl (C=O) groups excluding carboxylic acids is 1. The lowest BCUT2D eigenvalue weighted by Crippen LogP contribution is -2.26. The van der Waals surface area contributed by atoms with Crippen molar-refractivity contribution in [3.05, 3.63) is 93.4 Å². The molecule has 0 aliphatic heterocycles. The van der Waals surface area contributed by atoms with Crippen LogP contribution in [0.25, 0.3) is 10.9 Å². The number of fused-ring (bicyclic) bond motifs is 1. The van der Waals surface area contributed by atoms with Crippen LogP contribution >= 0.6 is 22.7 Å². The smallest absolute Gasteiger partial charge is 0.340 e. The molecule has 0 aliphatic rings. The van der Waals surface area contributed by atoms with E-state index >= 15 is 0 Å². The van der Waals surface area contributed by atoms with E-state index in [1.807, 2.05) is 0 Å². The number of nitrogens with one attached hydrogen (secondary N) is 2. The molecule has 0 unspecified atom stereocenters. The Labute approximate surface area is 229 Å². The molecule has 16 heteroatoms. The Bertz CT molecular complexity index is 1850. The van der Waals surface area contributed by atoms with Gasteiger partial charge >= 0.3 is 5.97 Å². The van der Waals surface area contributed by atoms with Crippen LogP contribution in [0.5, 0.6) is 0 Å². The third kappa shape index (κ3) is 5.83. The number of carbonyl (C=O) groups is 1. The number of sulfonamides is 2. The number of thiophene rings is 2. The SMILES string of the molecule is O=C(OCn1nnc2ccccc2c1=O)c1cc(NS(=O)(=O)c2cccs2)cc(NS(=O)(=O)c2cccs2)c1. The maximum Gasteiger partial charge on any atom is 0.340 e. The average molecular weight is 604 g/mol. The fourth-order valence-corrected chi connectivity index (χ4v) is 7.48. The first-order chi connectivity index (χ1) is 18.6. The minimum absolute atomic E-state index is 0.0189. The Morgan fingerprint density at radius 1 is 0.846 bits per heavy atom. The average Bonchev–Trinajstić information content (AvgIpc) is 3.63. The van der Waals surface area contributed by atoms with E-state index in [1.165, 1.54) is 30.3 Å². The van der Waals surface area contributed by atoms with Crippen LogP contribution in [0.15, 0.2) is 90.7 Å². The molecule has 5 aromatic rings. The zero-order valence-corrected chi connectivity index (χ0v) is 22.8. The van der Waals surface area contributed by atoms with E-state index in [-0.39, 0.29) is 30.7 Å². The van der Waals surface area contributed by atoms with Crippen molar-refractivity contribution in [1.29, 1.82) is 0 Å². The molecule has 0 amide bonds. The van der Waals surface area contributed by atoms with Crippen molar-refractivity contribution in [2.24, 2.45) is 0 Å². The van der Waals surface area contributed by atoms with Crippen molar-refractivity contribution in [1.82, 2.24) is 15.0 Å². The van der Waals surface area contributed by atoms with Crippen molar-refractivity contribution >= 4 is 71.0 Å². The summed E-state index contributed by atoms with van der Waals surface area (Å²) in [6, 6.07) is 16.0. The maximum absolute atomic E-state index is 12.9. The molecule has 0 bridgehead atoms. The summed E-state index contributed by atoms with van der Waals surface area (Å²) in [6.45, 7) is -0.586. The first-order valence-electron chi connectivity index (χ1n) is 10.9. The van der Waals surface area contributed by atoms with Crippen LogP contribution in [0.4, 0.5) is 11.4 Å². The third-order valence-electron chi connectivity index (χ3n) is 5.14. The number of anilines is 2. The maximum atomic E-state index is 12.9. The van der Waals surface area contributed by atoms with Gasteiger partial charge in [0, 0.05) is 0 Å². The summed E-state index contributed by atoms with van der Waals surface area (Å²) >= 11 is 1.96. The molecule has 2 N–H and O–H groups in total. The van der Waals surface area contributed by atoms with E-state index < -0.39 is 38.3 Å². The van der Waals surface area contributed by atoms with Crippen LogP contribution in [0.2, 0.25) is 0 Å². The van der Waals surface area contributed by atoms with E-state index in [1.54, 1.807) is 47.2 Å². The number of hydrogen-bond acceptors (Lipinski definition) is 11. The topological polar surface area (TPSA) is 166 Å². The lowest BCUT2D eigenvalue weighted by Gasteiger charge is -2.13. The number of hydrogen-bond donors (Lipinski definition) is 2. The van der Waals surface area contributed by atoms with Gasteiger partial charge in [-0.1, -0.05) is 29.5 Å². The van der Waals surface area contributed by atoms with E-state index in [4.69, 9.17) is 4.74 Å². The van der Waals surface area contributed by atoms with Crippen molar-refractivity contribution in [3.63, 3.8) is 0 Å². The summed E-state index contributed by atoms with van der Waals surface area (Å²) in [5.74, 6) is -0.967. The second kappa shape index (κ2) is 10.6. The largest absolute Gasteiger partial charge is 0.439 e. The van der Waals surface area contributed by atoms with Gasteiger partial charge < -0.3 is 4.74 Å². The van der Waals surface area contributed by atoms with Gasteiger partial charge in [-0.25, -0.2) is 21.6 Å². The molecule has 0 atom stereocenters. The zero-order chi connectivity index (χ0) is 27.6. The van der Waals surface area contributed by atoms with Crippen molar-refractivity contribution in [2.45, 2.75) is 15.1 Å².